The molecule has 0 spiro atoms. The molecule has 4 rings (SSSR count). The molecule has 0 aliphatic rings. The van der Waals surface area contributed by atoms with Gasteiger partial charge in [-0.15, -0.1) is 0 Å². The van der Waals surface area contributed by atoms with E-state index in [1.165, 1.54) is 0 Å². The average Bonchev–Trinajstić information content (AvgIpc) is 2.93. The van der Waals surface area contributed by atoms with Crippen molar-refractivity contribution < 1.29 is 19.7 Å². The molecule has 40 heavy (non-hydrogen) atoms. The van der Waals surface area contributed by atoms with Gasteiger partial charge in [0.05, 0.1) is 14.2 Å². The Balaban J connectivity index is 1.90. The number of rotatable bonds is 9. The molecule has 6 heteroatoms. The minimum absolute atomic E-state index is 0.111. The molecule has 6 nitrogen and oxygen atoms in total. The molecule has 0 unspecified atom stereocenters. The van der Waals surface area contributed by atoms with Gasteiger partial charge in [0.1, 0.15) is 35.1 Å². The van der Waals surface area contributed by atoms with Crippen LogP contribution >= 0.6 is 0 Å². The lowest BCUT2D eigenvalue weighted by atomic mass is 9.92. The fourth-order valence-corrected chi connectivity index (χ4v) is 4.96. The topological polar surface area (TPSA) is 83.6 Å². The number of para-hydroxylation sites is 2. The predicted molar refractivity (Wildman–Crippen MR) is 162 cm³/mol. The van der Waals surface area contributed by atoms with Crippen LogP contribution in [0, 0.1) is 27.7 Å². The number of aliphatic imine (C=N–C) groups is 2. The number of ether oxygens (including phenoxy) is 2. The van der Waals surface area contributed by atoms with Crippen molar-refractivity contribution in [2.45, 2.75) is 39.8 Å². The van der Waals surface area contributed by atoms with Crippen molar-refractivity contribution in [3.63, 3.8) is 0 Å². The van der Waals surface area contributed by atoms with Crippen molar-refractivity contribution in [1.29, 1.82) is 0 Å². The largest absolute Gasteiger partial charge is 0.508 e. The molecule has 0 radical (unpaired) electrons. The first-order chi connectivity index (χ1) is 19.2. The molecule has 0 saturated heterocycles. The maximum atomic E-state index is 10.9. The summed E-state index contributed by atoms with van der Waals surface area (Å²) in [5.74, 6) is 1.79. The fourth-order valence-electron chi connectivity index (χ4n) is 4.96. The number of phenols is 2. The molecule has 2 atom stereocenters. The first-order valence-corrected chi connectivity index (χ1v) is 13.2. The first kappa shape index (κ1) is 28.4. The molecule has 2 N–H and O–H groups in total. The summed E-state index contributed by atoms with van der Waals surface area (Å²) in [5, 5.41) is 21.9. The smallest absolute Gasteiger partial charge is 0.121 e. The maximum absolute atomic E-state index is 10.9. The Labute approximate surface area is 236 Å². The highest BCUT2D eigenvalue weighted by Gasteiger charge is 2.28. The minimum atomic E-state index is -0.634. The van der Waals surface area contributed by atoms with Crippen LogP contribution in [-0.4, -0.2) is 36.9 Å². The van der Waals surface area contributed by atoms with Gasteiger partial charge < -0.3 is 19.7 Å². The van der Waals surface area contributed by atoms with Gasteiger partial charge in [0.2, 0.25) is 0 Å². The Morgan fingerprint density at radius 1 is 0.575 bits per heavy atom. The Morgan fingerprint density at radius 3 is 1.20 bits per heavy atom. The Bertz CT molecular complexity index is 1390. The lowest BCUT2D eigenvalue weighted by Crippen LogP contribution is -2.10. The molecule has 4 aromatic carbocycles. The monoisotopic (exact) mass is 536 g/mol. The van der Waals surface area contributed by atoms with Gasteiger partial charge in [0.15, 0.2) is 0 Å². The van der Waals surface area contributed by atoms with Crippen molar-refractivity contribution >= 4 is 12.4 Å². The van der Waals surface area contributed by atoms with Crippen LogP contribution < -0.4 is 9.47 Å². The molecule has 4 aromatic rings. The predicted octanol–water partition coefficient (Wildman–Crippen LogP) is 7.37. The fraction of sp³-hybridized carbons (Fsp3) is 0.235. The van der Waals surface area contributed by atoms with Crippen LogP contribution in [0.5, 0.6) is 23.0 Å². The zero-order chi connectivity index (χ0) is 28.8. The van der Waals surface area contributed by atoms with Gasteiger partial charge in [-0.1, -0.05) is 36.4 Å². The number of phenolic OH excluding ortho intramolecular Hbond substituents is 2. The quantitative estimate of drug-likeness (QED) is 0.219. The van der Waals surface area contributed by atoms with E-state index in [-0.39, 0.29) is 11.5 Å². The highest BCUT2D eigenvalue weighted by Crippen LogP contribution is 2.42. The molecule has 0 amide bonds. The summed E-state index contributed by atoms with van der Waals surface area (Å²) in [4.78, 5) is 10.1. The molecule has 0 saturated carbocycles. The van der Waals surface area contributed by atoms with E-state index in [0.717, 1.165) is 44.9 Å². The first-order valence-electron chi connectivity index (χ1n) is 13.2. The van der Waals surface area contributed by atoms with Gasteiger partial charge in [-0.2, -0.15) is 0 Å². The standard InChI is InChI=1S/C34H36N2O4/c1-21-15-25(39-5)16-22(2)29(21)19-35-33(27-11-7-9-13-31(27)37)34(28-12-8-10-14-32(28)38)36-20-30-23(3)17-26(40-6)18-24(30)4/h7-20,33-34,37-38H,1-6H3/t33-,34+. The van der Waals surface area contributed by atoms with Crippen molar-refractivity contribution in [3.05, 3.63) is 117 Å². The summed E-state index contributed by atoms with van der Waals surface area (Å²) in [7, 11) is 3.30. The molecule has 0 fully saturated rings. The van der Waals surface area contributed by atoms with Gasteiger partial charge >= 0.3 is 0 Å². The number of benzene rings is 4. The summed E-state index contributed by atoms with van der Waals surface area (Å²) in [5.41, 5.74) is 7.21. The van der Waals surface area contributed by atoms with E-state index in [2.05, 4.69) is 0 Å². The molecule has 0 heterocycles. The van der Waals surface area contributed by atoms with E-state index in [0.29, 0.717) is 11.1 Å². The highest BCUT2D eigenvalue weighted by molar-refractivity contribution is 5.85. The average molecular weight is 537 g/mol. The lowest BCUT2D eigenvalue weighted by molar-refractivity contribution is 0.414. The normalized spacial score (nSPS) is 13.1. The van der Waals surface area contributed by atoms with Crippen molar-refractivity contribution in [1.82, 2.24) is 0 Å². The van der Waals surface area contributed by atoms with Crippen LogP contribution in [0.1, 0.15) is 56.6 Å². The van der Waals surface area contributed by atoms with Crippen LogP contribution in [0.2, 0.25) is 0 Å². The number of nitrogens with zero attached hydrogens (tertiary/aromatic N) is 2. The lowest BCUT2D eigenvalue weighted by Gasteiger charge is -2.24. The van der Waals surface area contributed by atoms with Crippen molar-refractivity contribution in [2.75, 3.05) is 14.2 Å². The van der Waals surface area contributed by atoms with Gasteiger partial charge in [-0.25, -0.2) is 0 Å². The van der Waals surface area contributed by atoms with E-state index in [1.54, 1.807) is 38.5 Å². The number of methoxy groups -OCH3 is 2. The third-order valence-electron chi connectivity index (χ3n) is 7.14. The summed E-state index contributed by atoms with van der Waals surface area (Å²) in [6, 6.07) is 20.9. The Kier molecular flexibility index (Phi) is 8.90. The van der Waals surface area contributed by atoms with E-state index < -0.39 is 12.1 Å². The summed E-state index contributed by atoms with van der Waals surface area (Å²) in [6.07, 6.45) is 3.65. The number of hydrogen-bond acceptors (Lipinski definition) is 6. The Morgan fingerprint density at radius 2 is 0.900 bits per heavy atom. The zero-order valence-corrected chi connectivity index (χ0v) is 23.8. The summed E-state index contributed by atoms with van der Waals surface area (Å²) < 4.78 is 10.9. The summed E-state index contributed by atoms with van der Waals surface area (Å²) in [6.45, 7) is 8.05. The number of aromatic hydroxyl groups is 2. The molecule has 206 valence electrons. The number of hydrogen-bond donors (Lipinski definition) is 2. The van der Waals surface area contributed by atoms with E-state index in [4.69, 9.17) is 19.5 Å². The van der Waals surface area contributed by atoms with Crippen molar-refractivity contribution in [3.8, 4) is 23.0 Å². The minimum Gasteiger partial charge on any atom is -0.508 e. The van der Waals surface area contributed by atoms with Crippen molar-refractivity contribution in [2.24, 2.45) is 9.98 Å². The third-order valence-corrected chi connectivity index (χ3v) is 7.14. The van der Waals surface area contributed by atoms with Crippen LogP contribution in [0.15, 0.2) is 82.8 Å². The van der Waals surface area contributed by atoms with Crippen LogP contribution in [-0.2, 0) is 0 Å². The third kappa shape index (κ3) is 6.18. The number of aryl methyl sites for hydroxylation is 4. The molecule has 0 aliphatic heterocycles. The molecule has 0 bridgehead atoms. The van der Waals surface area contributed by atoms with Gasteiger partial charge in [0.25, 0.3) is 0 Å². The van der Waals surface area contributed by atoms with Gasteiger partial charge in [0, 0.05) is 23.6 Å². The van der Waals surface area contributed by atoms with E-state index in [1.807, 2.05) is 88.7 Å². The SMILES string of the molecule is COc1cc(C)c(C=N[C@H](c2ccccc2O)[C@@H](N=Cc2c(C)cc(OC)cc2C)c2ccccc2O)c(C)c1. The zero-order valence-electron chi connectivity index (χ0n) is 23.8. The van der Waals surface area contributed by atoms with Gasteiger partial charge in [-0.05, 0) is 97.5 Å². The molecule has 0 aromatic heterocycles. The van der Waals surface area contributed by atoms with Crippen LogP contribution in [0.4, 0.5) is 0 Å². The molecular weight excluding hydrogens is 500 g/mol. The van der Waals surface area contributed by atoms with E-state index >= 15 is 0 Å². The second-order valence-corrected chi connectivity index (χ2v) is 9.91. The maximum Gasteiger partial charge on any atom is 0.121 e. The molecule has 0 aliphatic carbocycles. The van der Waals surface area contributed by atoms with Gasteiger partial charge in [-0.3, -0.25) is 9.98 Å². The second kappa shape index (κ2) is 12.5. The van der Waals surface area contributed by atoms with E-state index in [9.17, 15) is 10.2 Å². The Hall–Kier alpha value is -4.58. The molecular formula is C34H36N2O4. The highest BCUT2D eigenvalue weighted by atomic mass is 16.5. The summed E-state index contributed by atoms with van der Waals surface area (Å²) >= 11 is 0. The van der Waals surface area contributed by atoms with Crippen LogP contribution in [0.3, 0.4) is 0 Å². The van der Waals surface area contributed by atoms with Crippen LogP contribution in [0.25, 0.3) is 0 Å². The second-order valence-electron chi connectivity index (χ2n) is 9.91.